The molecular weight excluding hydrogens is 252 g/mol. The summed E-state index contributed by atoms with van der Waals surface area (Å²) in [7, 11) is 1.36. The van der Waals surface area contributed by atoms with E-state index >= 15 is 0 Å². The van der Waals surface area contributed by atoms with Gasteiger partial charge in [0.25, 0.3) is 0 Å². The lowest BCUT2D eigenvalue weighted by Crippen LogP contribution is -2.21. The number of fused-ring (bicyclic) bond motifs is 2. The van der Waals surface area contributed by atoms with Gasteiger partial charge in [-0.15, -0.1) is 0 Å². The molecule has 6 heteroatoms. The molecule has 19 heavy (non-hydrogen) atoms. The van der Waals surface area contributed by atoms with Gasteiger partial charge in [-0.05, 0) is 13.0 Å². The van der Waals surface area contributed by atoms with Crippen molar-refractivity contribution in [3.8, 4) is 17.2 Å². The number of allylic oxidation sites excluding steroid dienone is 2. The zero-order valence-electron chi connectivity index (χ0n) is 10.3. The molecule has 0 fully saturated rings. The van der Waals surface area contributed by atoms with Crippen molar-refractivity contribution < 1.29 is 28.9 Å². The van der Waals surface area contributed by atoms with Crippen LogP contribution in [0, 0.1) is 0 Å². The lowest BCUT2D eigenvalue weighted by molar-refractivity contribution is 0.0926. The molecular formula is C13H10O6. The Balaban J connectivity index is 2.36. The summed E-state index contributed by atoms with van der Waals surface area (Å²) in [5.74, 6) is -0.899. The molecule has 1 heterocycles. The van der Waals surface area contributed by atoms with E-state index in [4.69, 9.17) is 14.2 Å². The number of benzene rings is 1. The van der Waals surface area contributed by atoms with Crippen molar-refractivity contribution >= 4 is 11.6 Å². The van der Waals surface area contributed by atoms with E-state index < -0.39 is 17.3 Å². The molecule has 0 aromatic heterocycles. The largest absolute Gasteiger partial charge is 0.504 e. The van der Waals surface area contributed by atoms with Crippen molar-refractivity contribution in [2.75, 3.05) is 13.9 Å². The van der Waals surface area contributed by atoms with E-state index in [9.17, 15) is 14.7 Å². The van der Waals surface area contributed by atoms with Crippen LogP contribution in [0.5, 0.6) is 17.2 Å². The lowest BCUT2D eigenvalue weighted by Gasteiger charge is -2.18. The Bertz CT molecular complexity index is 656. The van der Waals surface area contributed by atoms with E-state index in [0.29, 0.717) is 5.75 Å². The van der Waals surface area contributed by atoms with Crippen LogP contribution in [0.15, 0.2) is 17.4 Å². The number of carbonyl (C=O) groups excluding carboxylic acids is 2. The van der Waals surface area contributed by atoms with Gasteiger partial charge in [0.2, 0.25) is 18.3 Å². The van der Waals surface area contributed by atoms with Gasteiger partial charge < -0.3 is 19.3 Å². The minimum absolute atomic E-state index is 0.00460. The van der Waals surface area contributed by atoms with E-state index in [2.05, 4.69) is 0 Å². The first kappa shape index (κ1) is 11.6. The highest BCUT2D eigenvalue weighted by Crippen LogP contribution is 2.47. The highest BCUT2D eigenvalue weighted by atomic mass is 16.7. The third-order valence-electron chi connectivity index (χ3n) is 3.21. The first-order valence-electron chi connectivity index (χ1n) is 5.56. The second-order valence-electron chi connectivity index (χ2n) is 4.20. The zero-order chi connectivity index (χ0) is 13.7. The smallest absolute Gasteiger partial charge is 0.232 e. The number of rotatable bonds is 1. The van der Waals surface area contributed by atoms with E-state index in [1.54, 1.807) is 0 Å². The van der Waals surface area contributed by atoms with Gasteiger partial charge >= 0.3 is 0 Å². The van der Waals surface area contributed by atoms with Crippen molar-refractivity contribution in [3.63, 3.8) is 0 Å². The van der Waals surface area contributed by atoms with Crippen LogP contribution in [0.3, 0.4) is 0 Å². The molecule has 1 aromatic carbocycles. The van der Waals surface area contributed by atoms with Crippen LogP contribution in [0.2, 0.25) is 0 Å². The molecule has 0 spiro atoms. The molecule has 1 aliphatic carbocycles. The number of aliphatic hydroxyl groups excluding tert-OH is 1. The monoisotopic (exact) mass is 262 g/mol. The summed E-state index contributed by atoms with van der Waals surface area (Å²) in [6.07, 6.45) is 0. The number of hydrogen-bond donors (Lipinski definition) is 1. The predicted octanol–water partition coefficient (Wildman–Crippen LogP) is 1.63. The first-order chi connectivity index (χ1) is 9.06. The van der Waals surface area contributed by atoms with Crippen molar-refractivity contribution in [1.82, 2.24) is 0 Å². The Morgan fingerprint density at radius 1 is 1.26 bits per heavy atom. The summed E-state index contributed by atoms with van der Waals surface area (Å²) in [4.78, 5) is 24.2. The average molecular weight is 262 g/mol. The number of hydrogen-bond acceptors (Lipinski definition) is 6. The molecule has 98 valence electrons. The van der Waals surface area contributed by atoms with E-state index in [1.807, 2.05) is 0 Å². The summed E-state index contributed by atoms with van der Waals surface area (Å²) in [6, 6.07) is 1.44. The van der Waals surface area contributed by atoms with E-state index in [0.717, 1.165) is 0 Å². The Hall–Kier alpha value is -2.50. The minimum Gasteiger partial charge on any atom is -0.504 e. The Labute approximate surface area is 108 Å². The maximum absolute atomic E-state index is 12.1. The second kappa shape index (κ2) is 3.74. The van der Waals surface area contributed by atoms with Crippen molar-refractivity contribution in [1.29, 1.82) is 0 Å². The Kier molecular flexibility index (Phi) is 2.28. The van der Waals surface area contributed by atoms with Crippen molar-refractivity contribution in [2.24, 2.45) is 0 Å². The zero-order valence-corrected chi connectivity index (χ0v) is 10.3. The van der Waals surface area contributed by atoms with Crippen LogP contribution in [0.1, 0.15) is 27.6 Å². The van der Waals surface area contributed by atoms with Crippen LogP contribution >= 0.6 is 0 Å². The number of Topliss-reactive ketones (excluding diaryl/α,β-unsaturated/α-hetero) is 2. The molecule has 0 saturated heterocycles. The maximum Gasteiger partial charge on any atom is 0.232 e. The van der Waals surface area contributed by atoms with Gasteiger partial charge in [-0.2, -0.15) is 0 Å². The van der Waals surface area contributed by atoms with Gasteiger partial charge in [0.15, 0.2) is 23.0 Å². The number of aliphatic hydroxyl groups is 1. The van der Waals surface area contributed by atoms with Gasteiger partial charge in [0, 0.05) is 11.1 Å². The quantitative estimate of drug-likeness (QED) is 0.828. The summed E-state index contributed by atoms with van der Waals surface area (Å²) in [5.41, 5.74) is 0.180. The van der Waals surface area contributed by atoms with E-state index in [1.165, 1.54) is 20.1 Å². The number of methoxy groups -OCH3 is 1. The Morgan fingerprint density at radius 3 is 2.68 bits per heavy atom. The molecule has 6 nitrogen and oxygen atoms in total. The van der Waals surface area contributed by atoms with Gasteiger partial charge in [-0.1, -0.05) is 0 Å². The summed E-state index contributed by atoms with van der Waals surface area (Å²) in [5, 5.41) is 9.71. The van der Waals surface area contributed by atoms with Gasteiger partial charge in [-0.3, -0.25) is 9.59 Å². The molecule has 0 atom stereocenters. The van der Waals surface area contributed by atoms with E-state index in [-0.39, 0.29) is 35.0 Å². The third-order valence-corrected chi connectivity index (χ3v) is 3.21. The molecule has 1 aliphatic heterocycles. The predicted molar refractivity (Wildman–Crippen MR) is 63.1 cm³/mol. The maximum atomic E-state index is 12.1. The third kappa shape index (κ3) is 1.36. The average Bonchev–Trinajstić information content (AvgIpc) is 2.88. The number of ketones is 2. The fraction of sp³-hybridized carbons (Fsp3) is 0.231. The standard InChI is InChI=1S/C13H10O6/c1-5-9(14)6-3-7-12(19-4-18-7)13(17-2)8(6)11(16)10(5)15/h3,15H,4H2,1-2H3. The topological polar surface area (TPSA) is 82.1 Å². The lowest BCUT2D eigenvalue weighted by atomic mass is 9.87. The van der Waals surface area contributed by atoms with Crippen LogP contribution in [0.25, 0.3) is 0 Å². The van der Waals surface area contributed by atoms with Crippen molar-refractivity contribution in [3.05, 3.63) is 28.5 Å². The first-order valence-corrected chi connectivity index (χ1v) is 5.56. The number of carbonyl (C=O) groups is 2. The van der Waals surface area contributed by atoms with Crippen LogP contribution in [-0.2, 0) is 0 Å². The fourth-order valence-corrected chi connectivity index (χ4v) is 2.21. The second-order valence-corrected chi connectivity index (χ2v) is 4.20. The normalized spacial score (nSPS) is 16.7. The molecule has 1 aromatic rings. The molecule has 1 N–H and O–H groups in total. The van der Waals surface area contributed by atoms with Crippen molar-refractivity contribution in [2.45, 2.75) is 6.92 Å². The number of ether oxygens (including phenoxy) is 3. The molecule has 0 bridgehead atoms. The molecule has 0 saturated carbocycles. The molecule has 0 unspecified atom stereocenters. The summed E-state index contributed by atoms with van der Waals surface area (Å²) in [6.45, 7) is 1.39. The SMILES string of the molecule is COc1c2c(cc3c1C(=O)C(O)=C(C)C3=O)OCO2. The summed E-state index contributed by atoms with van der Waals surface area (Å²) < 4.78 is 15.6. The highest BCUT2D eigenvalue weighted by molar-refractivity contribution is 6.27. The van der Waals surface area contributed by atoms with Crippen LogP contribution in [0.4, 0.5) is 0 Å². The Morgan fingerprint density at radius 2 is 2.00 bits per heavy atom. The van der Waals surface area contributed by atoms with Gasteiger partial charge in [-0.25, -0.2) is 0 Å². The molecule has 0 amide bonds. The van der Waals surface area contributed by atoms with Gasteiger partial charge in [0.05, 0.1) is 12.7 Å². The molecule has 0 radical (unpaired) electrons. The summed E-state index contributed by atoms with van der Waals surface area (Å²) >= 11 is 0. The molecule has 2 aliphatic rings. The fourth-order valence-electron chi connectivity index (χ4n) is 2.21. The van der Waals surface area contributed by atoms with Gasteiger partial charge in [0.1, 0.15) is 0 Å². The van der Waals surface area contributed by atoms with Crippen LogP contribution < -0.4 is 14.2 Å². The minimum atomic E-state index is -0.651. The molecule has 3 rings (SSSR count). The van der Waals surface area contributed by atoms with Crippen LogP contribution in [-0.4, -0.2) is 30.6 Å². The highest BCUT2D eigenvalue weighted by Gasteiger charge is 2.37.